The van der Waals surface area contributed by atoms with E-state index in [4.69, 9.17) is 20.1 Å². The standard InChI is InChI=1S/C19H24BN3O4/c1-18(2)19(3,4)27-20(26-18)14(11-21)9-12-5-7-13(8-6-12)15-10-16(17(24)25)23-22-15/h5-10H,11,21H2,1-4H3,(H,22,23)(H,24,25). The fourth-order valence-electron chi connectivity index (χ4n) is 2.76. The lowest BCUT2D eigenvalue weighted by molar-refractivity contribution is 0.00578. The lowest BCUT2D eigenvalue weighted by atomic mass is 9.77. The molecule has 1 saturated heterocycles. The van der Waals surface area contributed by atoms with Crippen molar-refractivity contribution in [2.24, 2.45) is 5.73 Å². The maximum absolute atomic E-state index is 11.0. The molecule has 0 spiro atoms. The summed E-state index contributed by atoms with van der Waals surface area (Å²) in [5, 5.41) is 15.5. The number of aromatic carboxylic acids is 1. The van der Waals surface area contributed by atoms with Crippen LogP contribution >= 0.6 is 0 Å². The van der Waals surface area contributed by atoms with Gasteiger partial charge in [-0.25, -0.2) is 4.79 Å². The van der Waals surface area contributed by atoms with Crippen molar-refractivity contribution < 1.29 is 19.2 Å². The van der Waals surface area contributed by atoms with Crippen LogP contribution in [0.4, 0.5) is 0 Å². The van der Waals surface area contributed by atoms with E-state index in [2.05, 4.69) is 10.2 Å². The molecule has 142 valence electrons. The third-order valence-electron chi connectivity index (χ3n) is 5.16. The Hall–Kier alpha value is -2.42. The molecule has 3 rings (SSSR count). The highest BCUT2D eigenvalue weighted by Crippen LogP contribution is 2.38. The zero-order valence-corrected chi connectivity index (χ0v) is 15.9. The number of hydrogen-bond donors (Lipinski definition) is 3. The second-order valence-corrected chi connectivity index (χ2v) is 7.61. The molecule has 0 amide bonds. The zero-order chi connectivity index (χ0) is 19.8. The van der Waals surface area contributed by atoms with Crippen LogP contribution in [0.2, 0.25) is 0 Å². The van der Waals surface area contributed by atoms with Crippen LogP contribution in [0.3, 0.4) is 0 Å². The topological polar surface area (TPSA) is 110 Å². The first-order valence-electron chi connectivity index (χ1n) is 8.78. The third kappa shape index (κ3) is 3.83. The third-order valence-corrected chi connectivity index (χ3v) is 5.16. The van der Waals surface area contributed by atoms with E-state index >= 15 is 0 Å². The molecule has 1 fully saturated rings. The molecule has 0 bridgehead atoms. The minimum Gasteiger partial charge on any atom is -0.477 e. The van der Waals surface area contributed by atoms with E-state index in [0.29, 0.717) is 12.2 Å². The Morgan fingerprint density at radius 3 is 2.30 bits per heavy atom. The molecule has 0 atom stereocenters. The van der Waals surface area contributed by atoms with Crippen molar-refractivity contribution in [3.8, 4) is 11.3 Å². The van der Waals surface area contributed by atoms with Gasteiger partial charge in [0.15, 0.2) is 0 Å². The predicted molar refractivity (Wildman–Crippen MR) is 104 cm³/mol. The van der Waals surface area contributed by atoms with Crippen molar-refractivity contribution in [2.75, 3.05) is 6.54 Å². The second-order valence-electron chi connectivity index (χ2n) is 7.61. The molecule has 0 saturated carbocycles. The first-order chi connectivity index (χ1) is 12.6. The number of nitrogens with one attached hydrogen (secondary N) is 1. The van der Waals surface area contributed by atoms with Crippen LogP contribution in [0.5, 0.6) is 0 Å². The number of H-pyrrole nitrogens is 1. The van der Waals surface area contributed by atoms with E-state index in [-0.39, 0.29) is 5.69 Å². The van der Waals surface area contributed by atoms with Crippen LogP contribution in [0.25, 0.3) is 17.3 Å². The maximum Gasteiger partial charge on any atom is 0.491 e. The summed E-state index contributed by atoms with van der Waals surface area (Å²) in [6, 6.07) is 9.11. The number of hydrogen-bond acceptors (Lipinski definition) is 5. The SMILES string of the molecule is CC1(C)OB(C(=Cc2ccc(-c3cc(C(=O)O)[nH]n3)cc2)CN)OC1(C)C. The summed E-state index contributed by atoms with van der Waals surface area (Å²) >= 11 is 0. The van der Waals surface area contributed by atoms with Gasteiger partial charge in [-0.15, -0.1) is 0 Å². The maximum atomic E-state index is 11.0. The van der Waals surface area contributed by atoms with Gasteiger partial charge in [0.2, 0.25) is 0 Å². The fraction of sp³-hybridized carbons (Fsp3) is 0.368. The van der Waals surface area contributed by atoms with E-state index in [1.165, 1.54) is 6.07 Å². The number of carboxylic acids is 1. The summed E-state index contributed by atoms with van der Waals surface area (Å²) in [6.07, 6.45) is 1.96. The lowest BCUT2D eigenvalue weighted by Crippen LogP contribution is -2.41. The molecule has 1 aliphatic heterocycles. The smallest absolute Gasteiger partial charge is 0.477 e. The Kier molecular flexibility index (Phi) is 4.99. The molecule has 1 aromatic carbocycles. The summed E-state index contributed by atoms with van der Waals surface area (Å²) in [6.45, 7) is 8.34. The molecule has 1 aliphatic rings. The fourth-order valence-corrected chi connectivity index (χ4v) is 2.76. The van der Waals surface area contributed by atoms with Crippen LogP contribution in [0.15, 0.2) is 35.8 Å². The van der Waals surface area contributed by atoms with E-state index in [9.17, 15) is 4.79 Å². The van der Waals surface area contributed by atoms with Gasteiger partial charge in [0.25, 0.3) is 0 Å². The Morgan fingerprint density at radius 1 is 1.22 bits per heavy atom. The number of benzene rings is 1. The van der Waals surface area contributed by atoms with Crippen LogP contribution in [0, 0.1) is 0 Å². The molecular weight excluding hydrogens is 345 g/mol. The van der Waals surface area contributed by atoms with Crippen molar-refractivity contribution in [1.82, 2.24) is 10.2 Å². The van der Waals surface area contributed by atoms with Gasteiger partial charge in [-0.3, -0.25) is 5.10 Å². The number of carboxylic acid groups (broad SMARTS) is 1. The molecule has 0 aliphatic carbocycles. The van der Waals surface area contributed by atoms with Gasteiger partial charge in [-0.1, -0.05) is 30.3 Å². The van der Waals surface area contributed by atoms with Gasteiger partial charge in [0.1, 0.15) is 5.69 Å². The van der Waals surface area contributed by atoms with Gasteiger partial charge in [0.05, 0.1) is 16.9 Å². The summed E-state index contributed by atoms with van der Waals surface area (Å²) in [5.41, 5.74) is 8.35. The summed E-state index contributed by atoms with van der Waals surface area (Å²) in [4.78, 5) is 11.0. The number of rotatable bonds is 5. The molecule has 1 aromatic heterocycles. The number of carbonyl (C=O) groups is 1. The number of aromatic amines is 1. The van der Waals surface area contributed by atoms with Crippen molar-refractivity contribution in [3.05, 3.63) is 47.1 Å². The van der Waals surface area contributed by atoms with Gasteiger partial charge in [-0.05, 0) is 44.8 Å². The van der Waals surface area contributed by atoms with Crippen molar-refractivity contribution in [1.29, 1.82) is 0 Å². The quantitative estimate of drug-likeness (QED) is 0.699. The monoisotopic (exact) mass is 369 g/mol. The minimum absolute atomic E-state index is 0.0557. The van der Waals surface area contributed by atoms with Gasteiger partial charge < -0.3 is 20.1 Å². The Balaban J connectivity index is 1.80. The summed E-state index contributed by atoms with van der Waals surface area (Å²) < 4.78 is 12.1. The first-order valence-corrected chi connectivity index (χ1v) is 8.78. The van der Waals surface area contributed by atoms with Crippen molar-refractivity contribution in [2.45, 2.75) is 38.9 Å². The van der Waals surface area contributed by atoms with Crippen LogP contribution in [-0.4, -0.2) is 46.1 Å². The molecule has 2 aromatic rings. The van der Waals surface area contributed by atoms with E-state index in [1.807, 2.05) is 58.0 Å². The van der Waals surface area contributed by atoms with Gasteiger partial charge >= 0.3 is 13.1 Å². The number of nitrogens with zero attached hydrogens (tertiary/aromatic N) is 1. The zero-order valence-electron chi connectivity index (χ0n) is 15.9. The van der Waals surface area contributed by atoms with E-state index in [0.717, 1.165) is 16.6 Å². The highest BCUT2D eigenvalue weighted by atomic mass is 16.7. The highest BCUT2D eigenvalue weighted by molar-refractivity contribution is 6.55. The highest BCUT2D eigenvalue weighted by Gasteiger charge is 2.52. The minimum atomic E-state index is -1.04. The number of nitrogens with two attached hydrogens (primary N) is 1. The van der Waals surface area contributed by atoms with Gasteiger partial charge in [-0.2, -0.15) is 5.10 Å². The first kappa shape index (κ1) is 19.3. The largest absolute Gasteiger partial charge is 0.491 e. The van der Waals surface area contributed by atoms with E-state index in [1.54, 1.807) is 0 Å². The average Bonchev–Trinajstić information content (AvgIpc) is 3.16. The van der Waals surface area contributed by atoms with Crippen molar-refractivity contribution >= 4 is 19.2 Å². The average molecular weight is 369 g/mol. The molecule has 2 heterocycles. The van der Waals surface area contributed by atoms with Crippen LogP contribution in [0.1, 0.15) is 43.7 Å². The Bertz CT molecular complexity index is 855. The van der Waals surface area contributed by atoms with Crippen LogP contribution in [-0.2, 0) is 9.31 Å². The van der Waals surface area contributed by atoms with Crippen molar-refractivity contribution in [3.63, 3.8) is 0 Å². The number of aromatic nitrogens is 2. The molecular formula is C19H24BN3O4. The summed E-state index contributed by atoms with van der Waals surface area (Å²) in [5.74, 6) is -1.04. The predicted octanol–water partition coefficient (Wildman–Crippen LogP) is 2.75. The molecule has 0 radical (unpaired) electrons. The molecule has 0 unspecified atom stereocenters. The molecule has 7 nitrogen and oxygen atoms in total. The molecule has 4 N–H and O–H groups in total. The normalized spacial score (nSPS) is 18.7. The Labute approximate surface area is 158 Å². The van der Waals surface area contributed by atoms with E-state index < -0.39 is 24.3 Å². The molecule has 8 heteroatoms. The van der Waals surface area contributed by atoms with Crippen LogP contribution < -0.4 is 5.73 Å². The second kappa shape index (κ2) is 6.96. The molecule has 27 heavy (non-hydrogen) atoms. The summed E-state index contributed by atoms with van der Waals surface area (Å²) in [7, 11) is -0.482. The van der Waals surface area contributed by atoms with Gasteiger partial charge in [0, 0.05) is 12.1 Å². The Morgan fingerprint density at radius 2 is 1.81 bits per heavy atom. The lowest BCUT2D eigenvalue weighted by Gasteiger charge is -2.32.